The first-order valence-corrected chi connectivity index (χ1v) is 5.46. The van der Waals surface area contributed by atoms with Gasteiger partial charge in [-0.05, 0) is 18.6 Å². The van der Waals surface area contributed by atoms with Crippen LogP contribution in [0.15, 0.2) is 18.2 Å². The van der Waals surface area contributed by atoms with Crippen molar-refractivity contribution in [2.24, 2.45) is 0 Å². The van der Waals surface area contributed by atoms with Crippen molar-refractivity contribution < 1.29 is 9.47 Å². The quantitative estimate of drug-likeness (QED) is 0.772. The molecular formula is C13H17NO2. The van der Waals surface area contributed by atoms with Crippen LogP contribution < -0.4 is 4.74 Å². The van der Waals surface area contributed by atoms with Gasteiger partial charge in [-0.3, -0.25) is 4.90 Å². The topological polar surface area (TPSA) is 21.7 Å². The first-order valence-electron chi connectivity index (χ1n) is 5.46. The minimum absolute atomic E-state index is 0.798. The molecule has 0 spiro atoms. The van der Waals surface area contributed by atoms with E-state index in [-0.39, 0.29) is 0 Å². The fourth-order valence-electron chi connectivity index (χ4n) is 1.77. The molecule has 0 aromatic heterocycles. The van der Waals surface area contributed by atoms with E-state index in [1.165, 1.54) is 0 Å². The molecule has 3 nitrogen and oxygen atoms in total. The molecular weight excluding hydrogens is 202 g/mol. The van der Waals surface area contributed by atoms with Gasteiger partial charge in [-0.2, -0.15) is 0 Å². The van der Waals surface area contributed by atoms with Gasteiger partial charge in [0, 0.05) is 18.7 Å². The third kappa shape index (κ3) is 2.74. The van der Waals surface area contributed by atoms with Crippen molar-refractivity contribution in [3.63, 3.8) is 0 Å². The Hall–Kier alpha value is -1.06. The van der Waals surface area contributed by atoms with Crippen molar-refractivity contribution in [1.82, 2.24) is 4.90 Å². The van der Waals surface area contributed by atoms with E-state index in [0.29, 0.717) is 0 Å². The van der Waals surface area contributed by atoms with Crippen LogP contribution in [0.2, 0.25) is 0 Å². The largest absolute Gasteiger partial charge is 0.496 e. The van der Waals surface area contributed by atoms with E-state index in [2.05, 4.69) is 18.4 Å². The van der Waals surface area contributed by atoms with Crippen LogP contribution in [-0.2, 0) is 4.74 Å². The summed E-state index contributed by atoms with van der Waals surface area (Å²) < 4.78 is 10.6. The Morgan fingerprint density at radius 2 is 2.12 bits per heavy atom. The number of nitrogens with zero attached hydrogens (tertiary/aromatic N) is 1. The Bertz CT molecular complexity index is 346. The highest BCUT2D eigenvalue weighted by Crippen LogP contribution is 2.23. The number of ether oxygens (including phenoxy) is 2. The first kappa shape index (κ1) is 11.4. The van der Waals surface area contributed by atoms with Gasteiger partial charge in [-0.15, -0.1) is 0 Å². The smallest absolute Gasteiger partial charge is 0.123 e. The van der Waals surface area contributed by atoms with E-state index in [0.717, 1.165) is 43.2 Å². The number of hydrogen-bond acceptors (Lipinski definition) is 3. The number of benzene rings is 1. The highest BCUT2D eigenvalue weighted by atomic mass is 16.5. The van der Waals surface area contributed by atoms with Gasteiger partial charge >= 0.3 is 0 Å². The van der Waals surface area contributed by atoms with Gasteiger partial charge in [0.1, 0.15) is 5.75 Å². The average Bonchev–Trinajstić information content (AvgIpc) is 2.33. The van der Waals surface area contributed by atoms with Crippen LogP contribution in [0.4, 0.5) is 0 Å². The second kappa shape index (κ2) is 5.32. The lowest BCUT2D eigenvalue weighted by atomic mass is 10.1. The summed E-state index contributed by atoms with van der Waals surface area (Å²) in [6.45, 7) is 9.49. The van der Waals surface area contributed by atoms with Gasteiger partial charge in [-0.25, -0.2) is 0 Å². The summed E-state index contributed by atoms with van der Waals surface area (Å²) in [5.74, 6) is 0.874. The summed E-state index contributed by atoms with van der Waals surface area (Å²) in [5, 5.41) is 0. The molecule has 1 aromatic rings. The van der Waals surface area contributed by atoms with Crippen molar-refractivity contribution >= 4 is 0 Å². The van der Waals surface area contributed by atoms with Crippen LogP contribution in [0.3, 0.4) is 0 Å². The second-order valence-corrected chi connectivity index (χ2v) is 3.85. The SMILES string of the molecule is [CH2]c1ccc([CH]N2CCOCC2)c(OC)c1. The molecule has 1 aliphatic heterocycles. The Kier molecular flexibility index (Phi) is 3.80. The normalized spacial score (nSPS) is 17.4. The molecule has 1 aromatic carbocycles. The maximum absolute atomic E-state index is 5.34. The fraction of sp³-hybridized carbons (Fsp3) is 0.385. The van der Waals surface area contributed by atoms with E-state index in [9.17, 15) is 0 Å². The van der Waals surface area contributed by atoms with Crippen LogP contribution in [0.5, 0.6) is 5.75 Å². The predicted octanol–water partition coefficient (Wildman–Crippen LogP) is 1.72. The highest BCUT2D eigenvalue weighted by molar-refractivity contribution is 5.42. The van der Waals surface area contributed by atoms with Gasteiger partial charge in [0.25, 0.3) is 0 Å². The van der Waals surface area contributed by atoms with E-state index in [1.807, 2.05) is 18.2 Å². The molecule has 2 rings (SSSR count). The van der Waals surface area contributed by atoms with Gasteiger partial charge in [0.2, 0.25) is 0 Å². The number of morpholine rings is 1. The molecule has 1 heterocycles. The molecule has 0 saturated carbocycles. The van der Waals surface area contributed by atoms with E-state index in [4.69, 9.17) is 9.47 Å². The van der Waals surface area contributed by atoms with Crippen LogP contribution >= 0.6 is 0 Å². The molecule has 86 valence electrons. The molecule has 0 bridgehead atoms. The standard InChI is InChI=1S/C13H17NO2/c1-11-3-4-12(13(9-11)15-2)10-14-5-7-16-8-6-14/h3-4,9-10H,1,5-8H2,2H3. The van der Waals surface area contributed by atoms with Gasteiger partial charge in [0.15, 0.2) is 0 Å². The molecule has 0 atom stereocenters. The average molecular weight is 219 g/mol. The van der Waals surface area contributed by atoms with Crippen molar-refractivity contribution in [1.29, 1.82) is 0 Å². The molecule has 0 amide bonds. The Morgan fingerprint density at radius 1 is 1.38 bits per heavy atom. The van der Waals surface area contributed by atoms with E-state index in [1.54, 1.807) is 7.11 Å². The molecule has 0 unspecified atom stereocenters. The van der Waals surface area contributed by atoms with Gasteiger partial charge in [-0.1, -0.05) is 12.1 Å². The number of methoxy groups -OCH3 is 1. The maximum atomic E-state index is 5.34. The third-order valence-corrected chi connectivity index (χ3v) is 2.67. The lowest BCUT2D eigenvalue weighted by Gasteiger charge is -2.26. The molecule has 0 aliphatic carbocycles. The molecule has 0 N–H and O–H groups in total. The van der Waals surface area contributed by atoms with E-state index < -0.39 is 0 Å². The molecule has 1 saturated heterocycles. The van der Waals surface area contributed by atoms with Crippen molar-refractivity contribution in [2.75, 3.05) is 33.4 Å². The molecule has 1 fully saturated rings. The van der Waals surface area contributed by atoms with Crippen molar-refractivity contribution in [3.8, 4) is 5.75 Å². The molecule has 3 heteroatoms. The minimum Gasteiger partial charge on any atom is -0.496 e. The summed E-state index contributed by atoms with van der Waals surface area (Å²) >= 11 is 0. The highest BCUT2D eigenvalue weighted by Gasteiger charge is 2.13. The van der Waals surface area contributed by atoms with Crippen LogP contribution in [0.25, 0.3) is 0 Å². The number of hydrogen-bond donors (Lipinski definition) is 0. The molecule has 1 aliphatic rings. The second-order valence-electron chi connectivity index (χ2n) is 3.85. The van der Waals surface area contributed by atoms with Gasteiger partial charge in [0.05, 0.1) is 26.9 Å². The van der Waals surface area contributed by atoms with Crippen molar-refractivity contribution in [2.45, 2.75) is 0 Å². The van der Waals surface area contributed by atoms with Crippen LogP contribution in [0, 0.1) is 13.5 Å². The summed E-state index contributed by atoms with van der Waals surface area (Å²) in [7, 11) is 1.69. The summed E-state index contributed by atoms with van der Waals surface area (Å²) in [5.41, 5.74) is 2.06. The Labute approximate surface area is 97.0 Å². The summed E-state index contributed by atoms with van der Waals surface area (Å²) in [6, 6.07) is 5.98. The summed E-state index contributed by atoms with van der Waals surface area (Å²) in [4.78, 5) is 2.25. The minimum atomic E-state index is 0.798. The maximum Gasteiger partial charge on any atom is 0.123 e. The molecule has 16 heavy (non-hydrogen) atoms. The van der Waals surface area contributed by atoms with Crippen LogP contribution in [0.1, 0.15) is 11.1 Å². The summed E-state index contributed by atoms with van der Waals surface area (Å²) in [6.07, 6.45) is 0. The van der Waals surface area contributed by atoms with Gasteiger partial charge < -0.3 is 9.47 Å². The zero-order chi connectivity index (χ0) is 11.4. The molecule has 2 radical (unpaired) electrons. The Morgan fingerprint density at radius 3 is 2.81 bits per heavy atom. The van der Waals surface area contributed by atoms with Crippen molar-refractivity contribution in [3.05, 3.63) is 42.8 Å². The third-order valence-electron chi connectivity index (χ3n) is 2.67. The zero-order valence-electron chi connectivity index (χ0n) is 9.61. The van der Waals surface area contributed by atoms with Crippen LogP contribution in [-0.4, -0.2) is 38.3 Å². The fourth-order valence-corrected chi connectivity index (χ4v) is 1.77. The lowest BCUT2D eigenvalue weighted by Crippen LogP contribution is -2.34. The van der Waals surface area contributed by atoms with E-state index >= 15 is 0 Å². The lowest BCUT2D eigenvalue weighted by molar-refractivity contribution is 0.0530. The zero-order valence-corrected chi connectivity index (χ0v) is 9.61. The first-order chi connectivity index (χ1) is 7.79. The Balaban J connectivity index is 2.07. The monoisotopic (exact) mass is 219 g/mol. The number of rotatable bonds is 3. The predicted molar refractivity (Wildman–Crippen MR) is 63.2 cm³/mol.